The Kier molecular flexibility index (Phi) is 5.58. The van der Waals surface area contributed by atoms with Crippen LogP contribution in [-0.4, -0.2) is 40.3 Å². The molecule has 0 bridgehead atoms. The Morgan fingerprint density at radius 3 is 2.86 bits per heavy atom. The lowest BCUT2D eigenvalue weighted by atomic mass is 10.2. The van der Waals surface area contributed by atoms with Crippen LogP contribution in [0.5, 0.6) is 5.88 Å². The highest BCUT2D eigenvalue weighted by atomic mass is 16.5. The van der Waals surface area contributed by atoms with E-state index in [9.17, 15) is 4.79 Å². The lowest BCUT2D eigenvalue weighted by Gasteiger charge is -2.10. The second-order valence-electron chi connectivity index (χ2n) is 6.39. The first-order valence-electron chi connectivity index (χ1n) is 9.14. The summed E-state index contributed by atoms with van der Waals surface area (Å²) in [5.74, 6) is 1.00. The van der Waals surface area contributed by atoms with Crippen molar-refractivity contribution in [3.63, 3.8) is 0 Å². The second kappa shape index (κ2) is 8.62. The number of aromatic nitrogens is 3. The Hall–Kier alpha value is -3.26. The molecule has 1 aliphatic heterocycles. The monoisotopic (exact) mass is 380 g/mol. The number of amides is 1. The average molecular weight is 380 g/mol. The van der Waals surface area contributed by atoms with Gasteiger partial charge in [0.15, 0.2) is 0 Å². The maximum atomic E-state index is 12.3. The van der Waals surface area contributed by atoms with Gasteiger partial charge >= 0.3 is 0 Å². The van der Waals surface area contributed by atoms with Gasteiger partial charge in [0.2, 0.25) is 17.6 Å². The van der Waals surface area contributed by atoms with Crippen molar-refractivity contribution in [2.24, 2.45) is 0 Å². The largest absolute Gasteiger partial charge is 0.475 e. The van der Waals surface area contributed by atoms with E-state index in [2.05, 4.69) is 20.4 Å². The van der Waals surface area contributed by atoms with Crippen LogP contribution in [0, 0.1) is 0 Å². The van der Waals surface area contributed by atoms with Gasteiger partial charge in [-0.05, 0) is 18.9 Å². The minimum Gasteiger partial charge on any atom is -0.475 e. The SMILES string of the molecule is O=C(NCc1nc(-c2ccccc2)no1)c1ccc(OCC2CCCO2)nc1. The molecular weight excluding hydrogens is 360 g/mol. The number of pyridine rings is 1. The summed E-state index contributed by atoms with van der Waals surface area (Å²) in [7, 11) is 0. The van der Waals surface area contributed by atoms with E-state index in [0.717, 1.165) is 25.0 Å². The molecule has 0 aliphatic carbocycles. The number of ether oxygens (including phenoxy) is 2. The Morgan fingerprint density at radius 1 is 1.21 bits per heavy atom. The number of hydrogen-bond acceptors (Lipinski definition) is 7. The van der Waals surface area contributed by atoms with Crippen LogP contribution in [0.4, 0.5) is 0 Å². The van der Waals surface area contributed by atoms with Crippen LogP contribution in [0.1, 0.15) is 29.1 Å². The van der Waals surface area contributed by atoms with Crippen LogP contribution in [0.15, 0.2) is 53.2 Å². The van der Waals surface area contributed by atoms with E-state index in [4.69, 9.17) is 14.0 Å². The number of nitrogens with zero attached hydrogens (tertiary/aromatic N) is 3. The molecular formula is C20H20N4O4. The van der Waals surface area contributed by atoms with Crippen LogP contribution in [-0.2, 0) is 11.3 Å². The molecule has 1 unspecified atom stereocenters. The molecule has 8 heteroatoms. The molecule has 4 rings (SSSR count). The number of benzene rings is 1. The standard InChI is InChI=1S/C20H20N4O4/c25-20(15-8-9-17(21-11-15)27-13-16-7-4-10-26-16)22-12-18-23-19(24-28-18)14-5-2-1-3-6-14/h1-3,5-6,8-9,11,16H,4,7,10,12-13H2,(H,22,25). The van der Waals surface area contributed by atoms with Gasteiger partial charge in [0.05, 0.1) is 18.2 Å². The maximum absolute atomic E-state index is 12.3. The van der Waals surface area contributed by atoms with E-state index >= 15 is 0 Å². The fourth-order valence-electron chi connectivity index (χ4n) is 2.84. The van der Waals surface area contributed by atoms with Crippen molar-refractivity contribution in [2.75, 3.05) is 13.2 Å². The Balaban J connectivity index is 1.28. The molecule has 0 radical (unpaired) electrons. The van der Waals surface area contributed by atoms with Crippen molar-refractivity contribution < 1.29 is 18.8 Å². The van der Waals surface area contributed by atoms with E-state index in [1.54, 1.807) is 12.1 Å². The molecule has 8 nitrogen and oxygen atoms in total. The lowest BCUT2D eigenvalue weighted by Crippen LogP contribution is -2.23. The number of nitrogens with one attached hydrogen (secondary N) is 1. The summed E-state index contributed by atoms with van der Waals surface area (Å²) in [5, 5.41) is 6.67. The molecule has 1 fully saturated rings. The van der Waals surface area contributed by atoms with Crippen molar-refractivity contribution in [1.82, 2.24) is 20.4 Å². The minimum absolute atomic E-state index is 0.125. The molecule has 1 saturated heterocycles. The van der Waals surface area contributed by atoms with E-state index in [1.807, 2.05) is 30.3 Å². The second-order valence-corrected chi connectivity index (χ2v) is 6.39. The smallest absolute Gasteiger partial charge is 0.253 e. The van der Waals surface area contributed by atoms with Crippen molar-refractivity contribution in [2.45, 2.75) is 25.5 Å². The molecule has 1 aromatic carbocycles. The third kappa shape index (κ3) is 4.52. The Morgan fingerprint density at radius 2 is 2.11 bits per heavy atom. The van der Waals surface area contributed by atoms with Gasteiger partial charge in [0.1, 0.15) is 6.61 Å². The number of carbonyl (C=O) groups excluding carboxylic acids is 1. The Labute approximate surface area is 161 Å². The van der Waals surface area contributed by atoms with Gasteiger partial charge in [-0.2, -0.15) is 4.98 Å². The Bertz CT molecular complexity index is 905. The van der Waals surface area contributed by atoms with Crippen LogP contribution in [0.3, 0.4) is 0 Å². The third-order valence-corrected chi connectivity index (χ3v) is 4.34. The first-order valence-corrected chi connectivity index (χ1v) is 9.14. The zero-order chi connectivity index (χ0) is 19.2. The molecule has 1 N–H and O–H groups in total. The first kappa shape index (κ1) is 18.1. The van der Waals surface area contributed by atoms with Crippen molar-refractivity contribution in [1.29, 1.82) is 0 Å². The van der Waals surface area contributed by atoms with E-state index < -0.39 is 0 Å². The fraction of sp³-hybridized carbons (Fsp3) is 0.300. The van der Waals surface area contributed by atoms with Crippen LogP contribution >= 0.6 is 0 Å². The zero-order valence-corrected chi connectivity index (χ0v) is 15.2. The molecule has 0 spiro atoms. The first-order chi connectivity index (χ1) is 13.8. The zero-order valence-electron chi connectivity index (χ0n) is 15.2. The molecule has 1 atom stereocenters. The predicted molar refractivity (Wildman–Crippen MR) is 99.6 cm³/mol. The molecule has 0 saturated carbocycles. The lowest BCUT2D eigenvalue weighted by molar-refractivity contribution is 0.0663. The van der Waals surface area contributed by atoms with Gasteiger partial charge < -0.3 is 19.3 Å². The third-order valence-electron chi connectivity index (χ3n) is 4.34. The molecule has 1 aliphatic rings. The fourth-order valence-corrected chi connectivity index (χ4v) is 2.84. The summed E-state index contributed by atoms with van der Waals surface area (Å²) in [6.07, 6.45) is 3.67. The summed E-state index contributed by atoms with van der Waals surface area (Å²) in [6, 6.07) is 12.8. The normalized spacial score (nSPS) is 16.1. The van der Waals surface area contributed by atoms with Gasteiger partial charge in [-0.15, -0.1) is 0 Å². The number of carbonyl (C=O) groups is 1. The van der Waals surface area contributed by atoms with Crippen molar-refractivity contribution in [3.8, 4) is 17.3 Å². The van der Waals surface area contributed by atoms with Crippen LogP contribution in [0.2, 0.25) is 0 Å². The summed E-state index contributed by atoms with van der Waals surface area (Å²) in [5.41, 5.74) is 1.28. The number of rotatable bonds is 7. The predicted octanol–water partition coefficient (Wildman–Crippen LogP) is 2.62. The molecule has 2 aromatic heterocycles. The minimum atomic E-state index is -0.280. The summed E-state index contributed by atoms with van der Waals surface area (Å²) in [6.45, 7) is 1.39. The van der Waals surface area contributed by atoms with Gasteiger partial charge in [0, 0.05) is 24.4 Å². The highest BCUT2D eigenvalue weighted by Gasteiger charge is 2.16. The van der Waals surface area contributed by atoms with E-state index in [1.165, 1.54) is 6.20 Å². The summed E-state index contributed by atoms with van der Waals surface area (Å²) >= 11 is 0. The summed E-state index contributed by atoms with van der Waals surface area (Å²) in [4.78, 5) is 20.7. The quantitative estimate of drug-likeness (QED) is 0.672. The molecule has 3 aromatic rings. The van der Waals surface area contributed by atoms with Gasteiger partial charge in [0.25, 0.3) is 5.91 Å². The number of hydrogen-bond donors (Lipinski definition) is 1. The highest BCUT2D eigenvalue weighted by molar-refractivity contribution is 5.93. The maximum Gasteiger partial charge on any atom is 0.253 e. The topological polar surface area (TPSA) is 99.4 Å². The average Bonchev–Trinajstić information content (AvgIpc) is 3.44. The van der Waals surface area contributed by atoms with Crippen molar-refractivity contribution in [3.05, 3.63) is 60.1 Å². The van der Waals surface area contributed by atoms with Crippen LogP contribution < -0.4 is 10.1 Å². The van der Waals surface area contributed by atoms with Crippen molar-refractivity contribution >= 4 is 5.91 Å². The van der Waals surface area contributed by atoms with Gasteiger partial charge in [-0.3, -0.25) is 4.79 Å². The molecule has 1 amide bonds. The molecule has 3 heterocycles. The van der Waals surface area contributed by atoms with E-state index in [-0.39, 0.29) is 18.6 Å². The van der Waals surface area contributed by atoms with E-state index in [0.29, 0.717) is 29.8 Å². The van der Waals surface area contributed by atoms with Gasteiger partial charge in [-0.1, -0.05) is 35.5 Å². The molecule has 144 valence electrons. The molecule has 28 heavy (non-hydrogen) atoms. The van der Waals surface area contributed by atoms with Gasteiger partial charge in [-0.25, -0.2) is 4.98 Å². The summed E-state index contributed by atoms with van der Waals surface area (Å²) < 4.78 is 16.3. The van der Waals surface area contributed by atoms with Crippen LogP contribution in [0.25, 0.3) is 11.4 Å². The highest BCUT2D eigenvalue weighted by Crippen LogP contribution is 2.16.